The van der Waals surface area contributed by atoms with Gasteiger partial charge < -0.3 is 15.1 Å². The molecule has 100 valence electrons. The number of amides is 1. The van der Waals surface area contributed by atoms with E-state index < -0.39 is 0 Å². The molecule has 4 heteroatoms. The largest absolute Gasteiger partial charge is 0.469 e. The summed E-state index contributed by atoms with van der Waals surface area (Å²) in [6.45, 7) is 5.08. The van der Waals surface area contributed by atoms with Crippen LogP contribution in [-0.4, -0.2) is 25.5 Å². The molecule has 1 aromatic rings. The predicted octanol–water partition coefficient (Wildman–Crippen LogP) is 1.72. The van der Waals surface area contributed by atoms with Gasteiger partial charge in [-0.3, -0.25) is 4.79 Å². The third-order valence-corrected chi connectivity index (χ3v) is 3.58. The zero-order valence-electron chi connectivity index (χ0n) is 11.0. The molecule has 1 aliphatic heterocycles. The van der Waals surface area contributed by atoms with Crippen molar-refractivity contribution in [1.82, 2.24) is 10.6 Å². The van der Waals surface area contributed by atoms with Crippen LogP contribution < -0.4 is 10.6 Å². The first-order valence-corrected chi connectivity index (χ1v) is 6.68. The lowest BCUT2D eigenvalue weighted by Gasteiger charge is -2.34. The van der Waals surface area contributed by atoms with Crippen LogP contribution in [0.25, 0.3) is 0 Å². The van der Waals surface area contributed by atoms with Crippen molar-refractivity contribution in [3.8, 4) is 0 Å². The SMILES string of the molecule is CC1(CNC(=O)CCc2ccco2)CCCNC1. The molecule has 1 atom stereocenters. The Morgan fingerprint density at radius 3 is 3.17 bits per heavy atom. The Morgan fingerprint density at radius 2 is 2.50 bits per heavy atom. The Bertz CT molecular complexity index is 367. The number of hydrogen-bond acceptors (Lipinski definition) is 3. The van der Waals surface area contributed by atoms with Crippen molar-refractivity contribution >= 4 is 5.91 Å². The van der Waals surface area contributed by atoms with E-state index in [1.54, 1.807) is 6.26 Å². The van der Waals surface area contributed by atoms with Gasteiger partial charge in [-0.05, 0) is 36.9 Å². The fourth-order valence-corrected chi connectivity index (χ4v) is 2.36. The highest BCUT2D eigenvalue weighted by Crippen LogP contribution is 2.24. The second-order valence-electron chi connectivity index (χ2n) is 5.45. The summed E-state index contributed by atoms with van der Waals surface area (Å²) in [7, 11) is 0. The molecule has 1 fully saturated rings. The third kappa shape index (κ3) is 3.88. The minimum atomic E-state index is 0.109. The van der Waals surface area contributed by atoms with Gasteiger partial charge in [0.1, 0.15) is 5.76 Å². The maximum atomic E-state index is 11.7. The molecular weight excluding hydrogens is 228 g/mol. The molecule has 0 saturated carbocycles. The van der Waals surface area contributed by atoms with E-state index in [1.165, 1.54) is 12.8 Å². The molecule has 2 heterocycles. The van der Waals surface area contributed by atoms with Crippen molar-refractivity contribution in [3.63, 3.8) is 0 Å². The number of carbonyl (C=O) groups excluding carboxylic acids is 1. The van der Waals surface area contributed by atoms with Crippen LogP contribution in [-0.2, 0) is 11.2 Å². The summed E-state index contributed by atoms with van der Waals surface area (Å²) in [5.41, 5.74) is 0.207. The van der Waals surface area contributed by atoms with Gasteiger partial charge in [0.05, 0.1) is 6.26 Å². The minimum Gasteiger partial charge on any atom is -0.469 e. The van der Waals surface area contributed by atoms with Crippen LogP contribution in [0.1, 0.15) is 31.9 Å². The average Bonchev–Trinajstić information content (AvgIpc) is 2.88. The van der Waals surface area contributed by atoms with Gasteiger partial charge in [0, 0.05) is 25.9 Å². The molecule has 2 rings (SSSR count). The van der Waals surface area contributed by atoms with Crippen LogP contribution in [0.3, 0.4) is 0 Å². The second-order valence-corrected chi connectivity index (χ2v) is 5.45. The van der Waals surface area contributed by atoms with Crippen molar-refractivity contribution in [2.24, 2.45) is 5.41 Å². The van der Waals surface area contributed by atoms with Crippen LogP contribution >= 0.6 is 0 Å². The number of rotatable bonds is 5. The van der Waals surface area contributed by atoms with Crippen molar-refractivity contribution in [3.05, 3.63) is 24.2 Å². The van der Waals surface area contributed by atoms with Gasteiger partial charge in [0.15, 0.2) is 0 Å². The van der Waals surface area contributed by atoms with E-state index in [1.807, 2.05) is 12.1 Å². The third-order valence-electron chi connectivity index (χ3n) is 3.58. The second kappa shape index (κ2) is 6.05. The number of piperidine rings is 1. The van der Waals surface area contributed by atoms with E-state index in [2.05, 4.69) is 17.6 Å². The summed E-state index contributed by atoms with van der Waals surface area (Å²) in [6, 6.07) is 3.75. The molecule has 1 saturated heterocycles. The summed E-state index contributed by atoms with van der Waals surface area (Å²) in [5, 5.41) is 6.42. The van der Waals surface area contributed by atoms with Crippen molar-refractivity contribution < 1.29 is 9.21 Å². The zero-order valence-corrected chi connectivity index (χ0v) is 11.0. The Labute approximate surface area is 108 Å². The highest BCUT2D eigenvalue weighted by Gasteiger charge is 2.26. The monoisotopic (exact) mass is 250 g/mol. The molecule has 4 nitrogen and oxygen atoms in total. The molecule has 0 aliphatic carbocycles. The molecule has 1 aliphatic rings. The topological polar surface area (TPSA) is 54.3 Å². The smallest absolute Gasteiger partial charge is 0.220 e. The number of furan rings is 1. The zero-order chi connectivity index (χ0) is 12.8. The van der Waals surface area contributed by atoms with Crippen LogP contribution in [0.2, 0.25) is 0 Å². The molecule has 18 heavy (non-hydrogen) atoms. The van der Waals surface area contributed by atoms with Crippen molar-refractivity contribution in [1.29, 1.82) is 0 Å². The van der Waals surface area contributed by atoms with Gasteiger partial charge >= 0.3 is 0 Å². The van der Waals surface area contributed by atoms with Crippen LogP contribution in [0.5, 0.6) is 0 Å². The maximum Gasteiger partial charge on any atom is 0.220 e. The highest BCUT2D eigenvalue weighted by atomic mass is 16.3. The van der Waals surface area contributed by atoms with E-state index in [-0.39, 0.29) is 11.3 Å². The first kappa shape index (κ1) is 13.1. The Hall–Kier alpha value is -1.29. The van der Waals surface area contributed by atoms with Crippen LogP contribution in [0, 0.1) is 5.41 Å². The van der Waals surface area contributed by atoms with E-state index in [0.29, 0.717) is 12.8 Å². The standard InChI is InChI=1S/C14H22N2O2/c1-14(7-3-8-15-10-14)11-16-13(17)6-5-12-4-2-9-18-12/h2,4,9,15H,3,5-8,10-11H2,1H3,(H,16,17). The van der Waals surface area contributed by atoms with Gasteiger partial charge in [-0.2, -0.15) is 0 Å². The van der Waals surface area contributed by atoms with E-state index in [9.17, 15) is 4.79 Å². The predicted molar refractivity (Wildman–Crippen MR) is 70.2 cm³/mol. The number of carbonyl (C=O) groups is 1. The van der Waals surface area contributed by atoms with Crippen molar-refractivity contribution in [2.45, 2.75) is 32.6 Å². The van der Waals surface area contributed by atoms with E-state index in [0.717, 1.165) is 25.4 Å². The fourth-order valence-electron chi connectivity index (χ4n) is 2.36. The summed E-state index contributed by atoms with van der Waals surface area (Å²) < 4.78 is 5.21. The normalized spacial score (nSPS) is 23.8. The molecule has 2 N–H and O–H groups in total. The summed E-state index contributed by atoms with van der Waals surface area (Å²) in [4.78, 5) is 11.7. The number of nitrogens with one attached hydrogen (secondary N) is 2. The first-order valence-electron chi connectivity index (χ1n) is 6.68. The lowest BCUT2D eigenvalue weighted by atomic mass is 9.83. The van der Waals surface area contributed by atoms with Gasteiger partial charge in [0.25, 0.3) is 0 Å². The fraction of sp³-hybridized carbons (Fsp3) is 0.643. The quantitative estimate of drug-likeness (QED) is 0.836. The molecular formula is C14H22N2O2. The molecule has 0 radical (unpaired) electrons. The first-order chi connectivity index (χ1) is 8.68. The van der Waals surface area contributed by atoms with Gasteiger partial charge in [-0.1, -0.05) is 6.92 Å². The number of aryl methyl sites for hydroxylation is 1. The molecule has 0 spiro atoms. The summed E-state index contributed by atoms with van der Waals surface area (Å²) in [6.07, 6.45) is 5.18. The molecule has 0 aromatic carbocycles. The van der Waals surface area contributed by atoms with E-state index in [4.69, 9.17) is 4.42 Å². The van der Waals surface area contributed by atoms with Gasteiger partial charge in [-0.15, -0.1) is 0 Å². The lowest BCUT2D eigenvalue weighted by molar-refractivity contribution is -0.121. The Balaban J connectivity index is 1.68. The maximum absolute atomic E-state index is 11.7. The van der Waals surface area contributed by atoms with Gasteiger partial charge in [0.2, 0.25) is 5.91 Å². The Morgan fingerprint density at radius 1 is 1.61 bits per heavy atom. The van der Waals surface area contributed by atoms with Gasteiger partial charge in [-0.25, -0.2) is 0 Å². The van der Waals surface area contributed by atoms with Crippen LogP contribution in [0.15, 0.2) is 22.8 Å². The van der Waals surface area contributed by atoms with Crippen molar-refractivity contribution in [2.75, 3.05) is 19.6 Å². The van der Waals surface area contributed by atoms with E-state index >= 15 is 0 Å². The molecule has 0 bridgehead atoms. The molecule has 1 amide bonds. The molecule has 1 aromatic heterocycles. The average molecular weight is 250 g/mol. The lowest BCUT2D eigenvalue weighted by Crippen LogP contribution is -2.45. The summed E-state index contributed by atoms with van der Waals surface area (Å²) >= 11 is 0. The Kier molecular flexibility index (Phi) is 4.42. The minimum absolute atomic E-state index is 0.109. The van der Waals surface area contributed by atoms with Crippen LogP contribution in [0.4, 0.5) is 0 Å². The molecule has 1 unspecified atom stereocenters. The summed E-state index contributed by atoms with van der Waals surface area (Å²) in [5.74, 6) is 0.980. The highest BCUT2D eigenvalue weighted by molar-refractivity contribution is 5.76. The number of hydrogen-bond donors (Lipinski definition) is 2.